The number of hydrogen-bond acceptors (Lipinski definition) is 3. The molecular weight excluding hydrogens is 214 g/mol. The molecule has 2 atom stereocenters. The molecule has 0 radical (unpaired) electrons. The summed E-state index contributed by atoms with van der Waals surface area (Å²) in [6.45, 7) is 6.48. The Labute approximate surface area is 105 Å². The molecule has 2 aliphatic rings. The zero-order valence-electron chi connectivity index (χ0n) is 11.3. The van der Waals surface area contributed by atoms with Crippen molar-refractivity contribution in [1.82, 2.24) is 0 Å². The Balaban J connectivity index is 2.33. The summed E-state index contributed by atoms with van der Waals surface area (Å²) in [7, 11) is 0. The fourth-order valence-corrected chi connectivity index (χ4v) is 4.13. The molecule has 1 aliphatic heterocycles. The fraction of sp³-hybridized carbons (Fsp3) is 1.00. The lowest BCUT2D eigenvalue weighted by Gasteiger charge is -2.54. The second-order valence-corrected chi connectivity index (χ2v) is 6.22. The van der Waals surface area contributed by atoms with Gasteiger partial charge in [-0.3, -0.25) is 0 Å². The predicted octanol–water partition coefficient (Wildman–Crippen LogP) is 2.07. The third-order valence-corrected chi connectivity index (χ3v) is 5.75. The van der Waals surface area contributed by atoms with Gasteiger partial charge in [-0.15, -0.1) is 0 Å². The predicted molar refractivity (Wildman–Crippen MR) is 68.7 cm³/mol. The molecule has 1 saturated carbocycles. The highest BCUT2D eigenvalue weighted by molar-refractivity contribution is 5.12. The minimum Gasteiger partial charge on any atom is -0.389 e. The van der Waals surface area contributed by atoms with Crippen molar-refractivity contribution < 1.29 is 9.84 Å². The topological polar surface area (TPSA) is 55.5 Å². The van der Waals surface area contributed by atoms with Gasteiger partial charge in [-0.2, -0.15) is 0 Å². The summed E-state index contributed by atoms with van der Waals surface area (Å²) >= 11 is 0. The van der Waals surface area contributed by atoms with Crippen LogP contribution in [0.4, 0.5) is 0 Å². The van der Waals surface area contributed by atoms with Crippen LogP contribution in [-0.4, -0.2) is 30.5 Å². The van der Waals surface area contributed by atoms with Gasteiger partial charge in [0.2, 0.25) is 0 Å². The molecule has 0 aromatic heterocycles. The first kappa shape index (κ1) is 13.3. The number of nitrogens with two attached hydrogens (primary N) is 1. The van der Waals surface area contributed by atoms with E-state index in [2.05, 4.69) is 13.8 Å². The molecule has 0 aromatic carbocycles. The molecule has 2 rings (SSSR count). The second kappa shape index (κ2) is 4.52. The van der Waals surface area contributed by atoms with Gasteiger partial charge in [-0.25, -0.2) is 0 Å². The van der Waals surface area contributed by atoms with Crippen LogP contribution in [0.5, 0.6) is 0 Å². The SMILES string of the molecule is CCC(C)(CN)C1(O)CCCC12CCOCC2. The lowest BCUT2D eigenvalue weighted by molar-refractivity contribution is -0.177. The Kier molecular flexibility index (Phi) is 3.54. The lowest BCUT2D eigenvalue weighted by atomic mass is 9.57. The Morgan fingerprint density at radius 2 is 1.88 bits per heavy atom. The summed E-state index contributed by atoms with van der Waals surface area (Å²) in [6, 6.07) is 0. The van der Waals surface area contributed by atoms with E-state index in [-0.39, 0.29) is 10.8 Å². The van der Waals surface area contributed by atoms with E-state index in [0.29, 0.717) is 6.54 Å². The molecule has 1 spiro atoms. The molecule has 3 nitrogen and oxygen atoms in total. The molecule has 1 aliphatic carbocycles. The van der Waals surface area contributed by atoms with Gasteiger partial charge in [0.25, 0.3) is 0 Å². The van der Waals surface area contributed by atoms with E-state index < -0.39 is 5.60 Å². The Morgan fingerprint density at radius 3 is 2.41 bits per heavy atom. The van der Waals surface area contributed by atoms with Crippen LogP contribution < -0.4 is 5.73 Å². The summed E-state index contributed by atoms with van der Waals surface area (Å²) in [6.07, 6.45) is 6.13. The molecule has 2 fully saturated rings. The highest BCUT2D eigenvalue weighted by Gasteiger charge is 2.61. The van der Waals surface area contributed by atoms with Crippen molar-refractivity contribution in [2.24, 2.45) is 16.6 Å². The average Bonchev–Trinajstić information content (AvgIpc) is 2.68. The molecular formula is C14H27NO2. The van der Waals surface area contributed by atoms with Gasteiger partial charge in [-0.05, 0) is 38.5 Å². The number of ether oxygens (including phenoxy) is 1. The van der Waals surface area contributed by atoms with Gasteiger partial charge < -0.3 is 15.6 Å². The van der Waals surface area contributed by atoms with E-state index in [1.54, 1.807) is 0 Å². The summed E-state index contributed by atoms with van der Waals surface area (Å²) in [5.74, 6) is 0. The second-order valence-electron chi connectivity index (χ2n) is 6.22. The van der Waals surface area contributed by atoms with Crippen LogP contribution in [0.3, 0.4) is 0 Å². The Bertz CT molecular complexity index is 269. The normalized spacial score (nSPS) is 36.0. The summed E-state index contributed by atoms with van der Waals surface area (Å²) in [5, 5.41) is 11.4. The molecule has 0 amide bonds. The molecule has 0 bridgehead atoms. The zero-order chi connectivity index (χ0) is 12.6. The quantitative estimate of drug-likeness (QED) is 0.795. The number of rotatable bonds is 3. The van der Waals surface area contributed by atoms with Crippen LogP contribution in [0.2, 0.25) is 0 Å². The summed E-state index contributed by atoms with van der Waals surface area (Å²) in [4.78, 5) is 0. The van der Waals surface area contributed by atoms with Crippen LogP contribution in [0, 0.1) is 10.8 Å². The van der Waals surface area contributed by atoms with Crippen molar-refractivity contribution >= 4 is 0 Å². The van der Waals surface area contributed by atoms with Crippen molar-refractivity contribution in [3.63, 3.8) is 0 Å². The van der Waals surface area contributed by atoms with Gasteiger partial charge in [0, 0.05) is 30.6 Å². The monoisotopic (exact) mass is 241 g/mol. The molecule has 3 heteroatoms. The first-order valence-corrected chi connectivity index (χ1v) is 7.04. The minimum atomic E-state index is -0.590. The molecule has 100 valence electrons. The van der Waals surface area contributed by atoms with Gasteiger partial charge in [0.15, 0.2) is 0 Å². The van der Waals surface area contributed by atoms with Gasteiger partial charge in [0.05, 0.1) is 5.60 Å². The highest BCUT2D eigenvalue weighted by atomic mass is 16.5. The molecule has 3 N–H and O–H groups in total. The van der Waals surface area contributed by atoms with Crippen LogP contribution in [-0.2, 0) is 4.74 Å². The van der Waals surface area contributed by atoms with Crippen molar-refractivity contribution in [1.29, 1.82) is 0 Å². The van der Waals surface area contributed by atoms with Crippen LogP contribution in [0.1, 0.15) is 52.4 Å². The summed E-state index contributed by atoms with van der Waals surface area (Å²) < 4.78 is 5.49. The van der Waals surface area contributed by atoms with Crippen molar-refractivity contribution in [3.05, 3.63) is 0 Å². The van der Waals surface area contributed by atoms with Crippen molar-refractivity contribution in [3.8, 4) is 0 Å². The van der Waals surface area contributed by atoms with Crippen molar-refractivity contribution in [2.45, 2.75) is 58.0 Å². The standard InChI is InChI=1S/C14H27NO2/c1-3-12(2,11-15)14(16)6-4-5-13(14)7-9-17-10-8-13/h16H,3-11,15H2,1-2H3. The molecule has 1 heterocycles. The van der Waals surface area contributed by atoms with Gasteiger partial charge >= 0.3 is 0 Å². The molecule has 17 heavy (non-hydrogen) atoms. The van der Waals surface area contributed by atoms with E-state index in [0.717, 1.165) is 51.7 Å². The number of hydrogen-bond donors (Lipinski definition) is 2. The Morgan fingerprint density at radius 1 is 1.24 bits per heavy atom. The molecule has 2 unspecified atom stereocenters. The third-order valence-electron chi connectivity index (χ3n) is 5.75. The average molecular weight is 241 g/mol. The maximum atomic E-state index is 11.4. The largest absolute Gasteiger partial charge is 0.389 e. The van der Waals surface area contributed by atoms with E-state index in [1.165, 1.54) is 0 Å². The lowest BCUT2D eigenvalue weighted by Crippen LogP contribution is -2.59. The van der Waals surface area contributed by atoms with E-state index in [9.17, 15) is 5.11 Å². The van der Waals surface area contributed by atoms with E-state index in [1.807, 2.05) is 0 Å². The zero-order valence-corrected chi connectivity index (χ0v) is 11.3. The molecule has 0 aromatic rings. The maximum Gasteiger partial charge on any atom is 0.0770 e. The smallest absolute Gasteiger partial charge is 0.0770 e. The first-order valence-electron chi connectivity index (χ1n) is 7.04. The fourth-order valence-electron chi connectivity index (χ4n) is 4.13. The maximum absolute atomic E-state index is 11.4. The molecule has 1 saturated heterocycles. The number of aliphatic hydroxyl groups is 1. The third kappa shape index (κ3) is 1.74. The van der Waals surface area contributed by atoms with Gasteiger partial charge in [-0.1, -0.05) is 13.8 Å². The van der Waals surface area contributed by atoms with E-state index in [4.69, 9.17) is 10.5 Å². The minimum absolute atomic E-state index is 0.0649. The first-order chi connectivity index (χ1) is 8.04. The summed E-state index contributed by atoms with van der Waals surface area (Å²) in [5.41, 5.74) is 5.30. The van der Waals surface area contributed by atoms with Gasteiger partial charge in [0.1, 0.15) is 0 Å². The highest BCUT2D eigenvalue weighted by Crippen LogP contribution is 2.60. The van der Waals surface area contributed by atoms with Crippen LogP contribution >= 0.6 is 0 Å². The van der Waals surface area contributed by atoms with Crippen LogP contribution in [0.15, 0.2) is 0 Å². The van der Waals surface area contributed by atoms with Crippen molar-refractivity contribution in [2.75, 3.05) is 19.8 Å². The van der Waals surface area contributed by atoms with E-state index >= 15 is 0 Å². The Hall–Kier alpha value is -0.120. The van der Waals surface area contributed by atoms with Crippen LogP contribution in [0.25, 0.3) is 0 Å².